The van der Waals surface area contributed by atoms with E-state index in [0.29, 0.717) is 24.4 Å². The zero-order valence-corrected chi connectivity index (χ0v) is 10.4. The van der Waals surface area contributed by atoms with E-state index in [1.165, 1.54) is 0 Å². The van der Waals surface area contributed by atoms with E-state index in [0.717, 1.165) is 10.5 Å². The fourth-order valence-electron chi connectivity index (χ4n) is 1.85. The van der Waals surface area contributed by atoms with E-state index >= 15 is 0 Å². The summed E-state index contributed by atoms with van der Waals surface area (Å²) in [6.07, 6.45) is 0.671. The van der Waals surface area contributed by atoms with Crippen LogP contribution in [0.4, 0.5) is 5.69 Å². The first-order chi connectivity index (χ1) is 8.67. The van der Waals surface area contributed by atoms with Crippen molar-refractivity contribution in [3.8, 4) is 5.75 Å². The summed E-state index contributed by atoms with van der Waals surface area (Å²) in [4.78, 5) is 24.5. The number of hydrogen-bond donors (Lipinski definition) is 1. The molecule has 0 atom stereocenters. The molecule has 96 valence electrons. The molecule has 1 aliphatic rings. The maximum Gasteiger partial charge on any atom is 0.271 e. The van der Waals surface area contributed by atoms with Crippen LogP contribution in [-0.4, -0.2) is 30.8 Å². The van der Waals surface area contributed by atoms with Gasteiger partial charge < -0.3 is 10.5 Å². The van der Waals surface area contributed by atoms with Gasteiger partial charge in [-0.05, 0) is 30.7 Å². The van der Waals surface area contributed by atoms with Crippen molar-refractivity contribution >= 4 is 29.1 Å². The summed E-state index contributed by atoms with van der Waals surface area (Å²) >= 11 is 5.51. The molecule has 0 radical (unpaired) electrons. The Balaban J connectivity index is 2.43. The minimum atomic E-state index is -0.448. The third-order valence-corrected chi connectivity index (χ3v) is 2.89. The molecule has 0 fully saturated rings. The number of alkyl halides is 1. The van der Waals surface area contributed by atoms with E-state index in [2.05, 4.69) is 0 Å². The molecule has 0 saturated carbocycles. The molecule has 1 heterocycles. The average molecular weight is 269 g/mol. The molecule has 0 bridgehead atoms. The van der Waals surface area contributed by atoms with Crippen LogP contribution in [0.15, 0.2) is 18.2 Å². The predicted molar refractivity (Wildman–Crippen MR) is 67.9 cm³/mol. The molecule has 6 heteroatoms. The Morgan fingerprint density at radius 1 is 1.50 bits per heavy atom. The molecule has 1 aromatic rings. The van der Waals surface area contributed by atoms with Gasteiger partial charge in [-0.25, -0.2) is 4.90 Å². The molecule has 0 unspecified atom stereocenters. The first kappa shape index (κ1) is 12.9. The number of nitrogens with zero attached hydrogens (tertiary/aromatic N) is 1. The largest absolute Gasteiger partial charge is 0.482 e. The minimum Gasteiger partial charge on any atom is -0.482 e. The maximum absolute atomic E-state index is 11.7. The van der Waals surface area contributed by atoms with Crippen molar-refractivity contribution in [3.63, 3.8) is 0 Å². The SMILES string of the molecule is NCCc1ccc2c(c1)N(C(=O)CCl)C(=O)CO2. The van der Waals surface area contributed by atoms with Crippen molar-refractivity contribution in [2.24, 2.45) is 5.73 Å². The van der Waals surface area contributed by atoms with Gasteiger partial charge in [0.2, 0.25) is 5.91 Å². The number of hydrogen-bond acceptors (Lipinski definition) is 4. The second-order valence-electron chi connectivity index (χ2n) is 3.89. The number of ether oxygens (including phenoxy) is 1. The highest BCUT2D eigenvalue weighted by atomic mass is 35.5. The van der Waals surface area contributed by atoms with E-state index in [-0.39, 0.29) is 12.5 Å². The second-order valence-corrected chi connectivity index (χ2v) is 4.15. The highest BCUT2D eigenvalue weighted by molar-refractivity contribution is 6.33. The van der Waals surface area contributed by atoms with Gasteiger partial charge in [0, 0.05) is 0 Å². The van der Waals surface area contributed by atoms with Crippen LogP contribution in [0.1, 0.15) is 5.56 Å². The zero-order chi connectivity index (χ0) is 13.1. The molecule has 1 aliphatic heterocycles. The molecule has 0 aliphatic carbocycles. The monoisotopic (exact) mass is 268 g/mol. The summed E-state index contributed by atoms with van der Waals surface area (Å²) < 4.78 is 5.28. The number of benzene rings is 1. The standard InChI is InChI=1S/C12H13ClN2O3/c13-6-11(16)15-9-5-8(3-4-14)1-2-10(9)18-7-12(15)17/h1-2,5H,3-4,6-7,14H2. The molecule has 0 spiro atoms. The lowest BCUT2D eigenvalue weighted by atomic mass is 10.1. The first-order valence-electron chi connectivity index (χ1n) is 5.55. The summed E-state index contributed by atoms with van der Waals surface area (Å²) in [6, 6.07) is 5.34. The van der Waals surface area contributed by atoms with Gasteiger partial charge in [0.05, 0.1) is 5.69 Å². The molecule has 0 aromatic heterocycles. The third kappa shape index (κ3) is 2.32. The lowest BCUT2D eigenvalue weighted by molar-refractivity contribution is -0.127. The van der Waals surface area contributed by atoms with E-state index in [4.69, 9.17) is 22.1 Å². The van der Waals surface area contributed by atoms with Gasteiger partial charge >= 0.3 is 0 Å². The molecule has 2 N–H and O–H groups in total. The van der Waals surface area contributed by atoms with Crippen LogP contribution in [0.5, 0.6) is 5.75 Å². The molecule has 2 amide bonds. The number of anilines is 1. The highest BCUT2D eigenvalue weighted by Crippen LogP contribution is 2.33. The summed E-state index contributed by atoms with van der Waals surface area (Å²) in [5.74, 6) is -0.588. The number of carbonyl (C=O) groups excluding carboxylic acids is 2. The van der Waals surface area contributed by atoms with Crippen LogP contribution < -0.4 is 15.4 Å². The summed E-state index contributed by atoms with van der Waals surface area (Å²) in [6.45, 7) is 0.350. The van der Waals surface area contributed by atoms with Gasteiger partial charge in [0.25, 0.3) is 5.91 Å². The number of imide groups is 1. The van der Waals surface area contributed by atoms with Crippen LogP contribution in [-0.2, 0) is 16.0 Å². The fraction of sp³-hybridized carbons (Fsp3) is 0.333. The minimum absolute atomic E-state index is 0.147. The normalized spacial score (nSPS) is 14.1. The quantitative estimate of drug-likeness (QED) is 0.818. The van der Waals surface area contributed by atoms with Gasteiger partial charge in [-0.15, -0.1) is 11.6 Å². The zero-order valence-electron chi connectivity index (χ0n) is 9.69. The van der Waals surface area contributed by atoms with Crippen molar-refractivity contribution in [1.29, 1.82) is 0 Å². The fourth-order valence-corrected chi connectivity index (χ4v) is 1.97. The second kappa shape index (κ2) is 5.37. The van der Waals surface area contributed by atoms with Crippen molar-refractivity contribution in [2.75, 3.05) is 23.9 Å². The molecular formula is C12H13ClN2O3. The lowest BCUT2D eigenvalue weighted by Crippen LogP contribution is -2.43. The predicted octanol–water partition coefficient (Wildman–Crippen LogP) is 0.679. The Morgan fingerprint density at radius 2 is 2.28 bits per heavy atom. The van der Waals surface area contributed by atoms with Crippen molar-refractivity contribution in [2.45, 2.75) is 6.42 Å². The van der Waals surface area contributed by atoms with Gasteiger partial charge in [-0.1, -0.05) is 6.07 Å². The van der Waals surface area contributed by atoms with Crippen molar-refractivity contribution in [3.05, 3.63) is 23.8 Å². The number of nitrogens with two attached hydrogens (primary N) is 1. The van der Waals surface area contributed by atoms with Gasteiger partial charge in [0.15, 0.2) is 6.61 Å². The van der Waals surface area contributed by atoms with Gasteiger partial charge in [0.1, 0.15) is 11.6 Å². The molecule has 18 heavy (non-hydrogen) atoms. The van der Waals surface area contributed by atoms with Crippen LogP contribution in [0.2, 0.25) is 0 Å². The van der Waals surface area contributed by atoms with Gasteiger partial charge in [-0.2, -0.15) is 0 Å². The molecule has 0 saturated heterocycles. The van der Waals surface area contributed by atoms with Crippen molar-refractivity contribution in [1.82, 2.24) is 0 Å². The van der Waals surface area contributed by atoms with Crippen LogP contribution >= 0.6 is 11.6 Å². The summed E-state index contributed by atoms with van der Waals surface area (Å²) in [5.41, 5.74) is 6.88. The Bertz CT molecular complexity index is 490. The highest BCUT2D eigenvalue weighted by Gasteiger charge is 2.30. The van der Waals surface area contributed by atoms with Crippen molar-refractivity contribution < 1.29 is 14.3 Å². The topological polar surface area (TPSA) is 72.6 Å². The maximum atomic E-state index is 11.7. The smallest absolute Gasteiger partial charge is 0.271 e. The van der Waals surface area contributed by atoms with E-state index in [1.54, 1.807) is 12.1 Å². The lowest BCUT2D eigenvalue weighted by Gasteiger charge is -2.27. The number of halogens is 1. The first-order valence-corrected chi connectivity index (χ1v) is 6.08. The Labute approximate surface area is 109 Å². The summed E-state index contributed by atoms with van der Waals surface area (Å²) in [7, 11) is 0. The average Bonchev–Trinajstić information content (AvgIpc) is 2.38. The Kier molecular flexibility index (Phi) is 3.84. The van der Waals surface area contributed by atoms with E-state index in [1.807, 2.05) is 6.07 Å². The molecule has 1 aromatic carbocycles. The summed E-state index contributed by atoms with van der Waals surface area (Å²) in [5, 5.41) is 0. The van der Waals surface area contributed by atoms with Crippen LogP contribution in [0.25, 0.3) is 0 Å². The number of carbonyl (C=O) groups is 2. The third-order valence-electron chi connectivity index (χ3n) is 2.66. The van der Waals surface area contributed by atoms with E-state index < -0.39 is 11.8 Å². The Morgan fingerprint density at radius 3 is 2.94 bits per heavy atom. The number of fused-ring (bicyclic) bond motifs is 1. The van der Waals surface area contributed by atoms with Gasteiger partial charge in [-0.3, -0.25) is 9.59 Å². The number of amides is 2. The van der Waals surface area contributed by atoms with Crippen LogP contribution in [0.3, 0.4) is 0 Å². The number of rotatable bonds is 3. The van der Waals surface area contributed by atoms with E-state index in [9.17, 15) is 9.59 Å². The molecule has 5 nitrogen and oxygen atoms in total. The van der Waals surface area contributed by atoms with Crippen LogP contribution in [0, 0.1) is 0 Å². The Hall–Kier alpha value is -1.59. The molecule has 2 rings (SSSR count). The molecular weight excluding hydrogens is 256 g/mol.